The number of halogens is 1. The monoisotopic (exact) mass is 204 g/mol. The first-order chi connectivity index (χ1) is 5.74. The van der Waals surface area contributed by atoms with Crippen molar-refractivity contribution in [2.75, 3.05) is 11.6 Å². The second-order valence-corrected chi connectivity index (χ2v) is 4.13. The van der Waals surface area contributed by atoms with Gasteiger partial charge in [0.2, 0.25) is 0 Å². The molecule has 4 heteroatoms. The van der Waals surface area contributed by atoms with E-state index in [4.69, 9.17) is 11.6 Å². The van der Waals surface area contributed by atoms with Crippen LogP contribution < -0.4 is 0 Å². The van der Waals surface area contributed by atoms with Gasteiger partial charge in [0, 0.05) is 30.1 Å². The van der Waals surface area contributed by atoms with E-state index in [1.165, 1.54) is 5.69 Å². The Morgan fingerprint density at radius 1 is 1.67 bits per heavy atom. The summed E-state index contributed by atoms with van der Waals surface area (Å²) in [4.78, 5) is 0. The lowest BCUT2D eigenvalue weighted by molar-refractivity contribution is 0.727. The fourth-order valence-corrected chi connectivity index (χ4v) is 2.09. The van der Waals surface area contributed by atoms with Crippen molar-refractivity contribution in [1.82, 2.24) is 9.78 Å². The molecule has 0 saturated heterocycles. The van der Waals surface area contributed by atoms with Gasteiger partial charge in [-0.05, 0) is 13.0 Å². The number of aromatic nitrogens is 2. The summed E-state index contributed by atoms with van der Waals surface area (Å²) in [6, 6.07) is 2.11. The molecule has 0 atom stereocenters. The highest BCUT2D eigenvalue weighted by molar-refractivity contribution is 7.98. The maximum Gasteiger partial charge on any atom is 0.0596 e. The highest BCUT2D eigenvalue weighted by Crippen LogP contribution is 2.12. The van der Waals surface area contributed by atoms with Gasteiger partial charge in [-0.15, -0.1) is 11.6 Å². The van der Waals surface area contributed by atoms with Gasteiger partial charge in [0.25, 0.3) is 0 Å². The van der Waals surface area contributed by atoms with Crippen molar-refractivity contribution in [3.8, 4) is 0 Å². The Kier molecular flexibility index (Phi) is 3.95. The van der Waals surface area contributed by atoms with Crippen LogP contribution in [0.1, 0.15) is 11.4 Å². The maximum absolute atomic E-state index is 5.57. The van der Waals surface area contributed by atoms with Crippen LogP contribution in [0.4, 0.5) is 0 Å². The molecular formula is C8H13ClN2S. The number of nitrogens with zero attached hydrogens (tertiary/aromatic N) is 2. The van der Waals surface area contributed by atoms with Crippen LogP contribution in [0.25, 0.3) is 0 Å². The van der Waals surface area contributed by atoms with E-state index >= 15 is 0 Å². The summed E-state index contributed by atoms with van der Waals surface area (Å²) in [5.74, 6) is 2.73. The molecule has 0 saturated carbocycles. The highest BCUT2D eigenvalue weighted by atomic mass is 35.5. The smallest absolute Gasteiger partial charge is 0.0596 e. The molecule has 0 amide bonds. The molecule has 1 heterocycles. The topological polar surface area (TPSA) is 17.8 Å². The second kappa shape index (κ2) is 4.77. The van der Waals surface area contributed by atoms with E-state index in [1.807, 2.05) is 30.4 Å². The summed E-state index contributed by atoms with van der Waals surface area (Å²) in [6.07, 6.45) is 0. The molecule has 1 rings (SSSR count). The molecule has 0 fully saturated rings. The first kappa shape index (κ1) is 9.93. The predicted octanol–water partition coefficient (Wildman–Crippen LogP) is 2.20. The molecule has 2 nitrogen and oxygen atoms in total. The summed E-state index contributed by atoms with van der Waals surface area (Å²) in [6.45, 7) is 2.01. The molecule has 0 spiro atoms. The van der Waals surface area contributed by atoms with Crippen LogP contribution in [0.15, 0.2) is 6.07 Å². The van der Waals surface area contributed by atoms with Crippen LogP contribution >= 0.6 is 23.4 Å². The molecule has 0 aliphatic rings. The highest BCUT2D eigenvalue weighted by Gasteiger charge is 2.00. The Bertz CT molecular complexity index is 247. The van der Waals surface area contributed by atoms with Crippen LogP contribution in [0, 0.1) is 6.92 Å². The van der Waals surface area contributed by atoms with Gasteiger partial charge in [-0.2, -0.15) is 16.9 Å². The van der Waals surface area contributed by atoms with E-state index in [0.29, 0.717) is 0 Å². The third-order valence-corrected chi connectivity index (χ3v) is 2.98. The van der Waals surface area contributed by atoms with Crippen molar-refractivity contribution in [1.29, 1.82) is 0 Å². The van der Waals surface area contributed by atoms with Gasteiger partial charge < -0.3 is 0 Å². The van der Waals surface area contributed by atoms with Crippen LogP contribution in [0.2, 0.25) is 0 Å². The standard InChI is InChI=1S/C8H13ClN2S/c1-7-5-8(11(2)10-7)6-12-4-3-9/h5H,3-4,6H2,1-2H3. The minimum atomic E-state index is 0.724. The fourth-order valence-electron chi connectivity index (χ4n) is 1.03. The lowest BCUT2D eigenvalue weighted by Gasteiger charge is -1.99. The Balaban J connectivity index is 2.45. The number of hydrogen-bond acceptors (Lipinski definition) is 2. The quantitative estimate of drug-likeness (QED) is 0.553. The van der Waals surface area contributed by atoms with Crippen molar-refractivity contribution >= 4 is 23.4 Å². The summed E-state index contributed by atoms with van der Waals surface area (Å²) in [5, 5.41) is 4.26. The Morgan fingerprint density at radius 3 is 2.92 bits per heavy atom. The molecule has 0 aliphatic carbocycles. The lowest BCUT2D eigenvalue weighted by Crippen LogP contribution is -1.96. The van der Waals surface area contributed by atoms with Crippen molar-refractivity contribution < 1.29 is 0 Å². The zero-order valence-corrected chi connectivity index (χ0v) is 8.95. The Hall–Kier alpha value is -0.150. The first-order valence-electron chi connectivity index (χ1n) is 3.87. The summed E-state index contributed by atoms with van der Waals surface area (Å²) < 4.78 is 1.93. The van der Waals surface area contributed by atoms with Crippen molar-refractivity contribution in [3.05, 3.63) is 17.5 Å². The largest absolute Gasteiger partial charge is 0.272 e. The van der Waals surface area contributed by atoms with Crippen molar-refractivity contribution in [2.24, 2.45) is 7.05 Å². The van der Waals surface area contributed by atoms with Crippen molar-refractivity contribution in [3.63, 3.8) is 0 Å². The average Bonchev–Trinajstić information content (AvgIpc) is 2.31. The molecule has 68 valence electrons. The van der Waals surface area contributed by atoms with Gasteiger partial charge >= 0.3 is 0 Å². The van der Waals surface area contributed by atoms with Crippen LogP contribution in [-0.2, 0) is 12.8 Å². The molecule has 0 aromatic carbocycles. The molecule has 0 aliphatic heterocycles. The molecule has 12 heavy (non-hydrogen) atoms. The number of hydrogen-bond donors (Lipinski definition) is 0. The van der Waals surface area contributed by atoms with Gasteiger partial charge in [0.1, 0.15) is 0 Å². The Morgan fingerprint density at radius 2 is 2.42 bits per heavy atom. The number of alkyl halides is 1. The van der Waals surface area contributed by atoms with Gasteiger partial charge in [-0.25, -0.2) is 0 Å². The van der Waals surface area contributed by atoms with E-state index in [2.05, 4.69) is 11.2 Å². The van der Waals surface area contributed by atoms with E-state index < -0.39 is 0 Å². The fraction of sp³-hybridized carbons (Fsp3) is 0.625. The van der Waals surface area contributed by atoms with Crippen LogP contribution in [0.3, 0.4) is 0 Å². The number of rotatable bonds is 4. The zero-order valence-electron chi connectivity index (χ0n) is 7.38. The lowest BCUT2D eigenvalue weighted by atomic mass is 10.4. The van der Waals surface area contributed by atoms with Gasteiger partial charge in [0.05, 0.1) is 5.69 Å². The third kappa shape index (κ3) is 2.72. The third-order valence-electron chi connectivity index (χ3n) is 1.57. The normalized spacial score (nSPS) is 10.6. The van der Waals surface area contributed by atoms with E-state index in [0.717, 1.165) is 23.1 Å². The average molecular weight is 205 g/mol. The zero-order chi connectivity index (χ0) is 8.97. The molecule has 0 bridgehead atoms. The number of aryl methyl sites for hydroxylation is 2. The van der Waals surface area contributed by atoms with Gasteiger partial charge in [-0.1, -0.05) is 0 Å². The molecule has 0 radical (unpaired) electrons. The van der Waals surface area contributed by atoms with Gasteiger partial charge in [-0.3, -0.25) is 4.68 Å². The molecule has 1 aromatic heterocycles. The Labute approximate surface area is 82.3 Å². The van der Waals surface area contributed by atoms with Crippen LogP contribution in [0.5, 0.6) is 0 Å². The molecule has 0 unspecified atom stereocenters. The summed E-state index contributed by atoms with van der Waals surface area (Å²) in [5.41, 5.74) is 2.35. The molecular weight excluding hydrogens is 192 g/mol. The van der Waals surface area contributed by atoms with Crippen LogP contribution in [-0.4, -0.2) is 21.4 Å². The van der Waals surface area contributed by atoms with Crippen molar-refractivity contribution in [2.45, 2.75) is 12.7 Å². The van der Waals surface area contributed by atoms with E-state index in [9.17, 15) is 0 Å². The van der Waals surface area contributed by atoms with E-state index in [-0.39, 0.29) is 0 Å². The minimum absolute atomic E-state index is 0.724. The first-order valence-corrected chi connectivity index (χ1v) is 5.56. The second-order valence-electron chi connectivity index (χ2n) is 2.64. The predicted molar refractivity (Wildman–Crippen MR) is 54.8 cm³/mol. The summed E-state index contributed by atoms with van der Waals surface area (Å²) >= 11 is 7.41. The number of thioether (sulfide) groups is 1. The molecule has 0 N–H and O–H groups in total. The minimum Gasteiger partial charge on any atom is -0.272 e. The SMILES string of the molecule is Cc1cc(CSCCCl)n(C)n1. The molecule has 1 aromatic rings. The van der Waals surface area contributed by atoms with Gasteiger partial charge in [0.15, 0.2) is 0 Å². The van der Waals surface area contributed by atoms with E-state index in [1.54, 1.807) is 0 Å². The summed E-state index contributed by atoms with van der Waals surface area (Å²) in [7, 11) is 1.98. The maximum atomic E-state index is 5.57.